The van der Waals surface area contributed by atoms with Gasteiger partial charge in [0, 0.05) is 12.7 Å². The lowest BCUT2D eigenvalue weighted by atomic mass is 10.2. The Labute approximate surface area is 177 Å². The summed E-state index contributed by atoms with van der Waals surface area (Å²) in [6.45, 7) is 1.48. The molecule has 0 saturated carbocycles. The second-order valence-electron chi connectivity index (χ2n) is 6.79. The van der Waals surface area contributed by atoms with Crippen LogP contribution in [0.2, 0.25) is 0 Å². The molecule has 3 rings (SSSR count). The van der Waals surface area contributed by atoms with Gasteiger partial charge in [0.25, 0.3) is 10.0 Å². The molecule has 0 radical (unpaired) electrons. The topological polar surface area (TPSA) is 66.9 Å². The average molecular weight is 425 g/mol. The Hall–Kier alpha value is -3.32. The molecule has 0 heterocycles. The summed E-state index contributed by atoms with van der Waals surface area (Å²) in [7, 11) is -0.913. The maximum atomic E-state index is 13.5. The molecule has 0 atom stereocenters. The van der Waals surface area contributed by atoms with Crippen molar-refractivity contribution in [1.82, 2.24) is 0 Å². The number of anilines is 2. The predicted molar refractivity (Wildman–Crippen MR) is 119 cm³/mol. The van der Waals surface area contributed by atoms with Crippen LogP contribution in [0.4, 0.5) is 11.4 Å². The van der Waals surface area contributed by atoms with Crippen LogP contribution in [-0.4, -0.2) is 35.0 Å². The largest absolute Gasteiger partial charge is 0.495 e. The van der Waals surface area contributed by atoms with Gasteiger partial charge in [0.15, 0.2) is 0 Å². The van der Waals surface area contributed by atoms with Crippen LogP contribution in [-0.2, 0) is 14.8 Å². The number of methoxy groups -OCH3 is 1. The first-order valence-corrected chi connectivity index (χ1v) is 10.8. The summed E-state index contributed by atoms with van der Waals surface area (Å²) in [5, 5.41) is 0. The molecule has 0 saturated heterocycles. The van der Waals surface area contributed by atoms with Crippen molar-refractivity contribution in [3.8, 4) is 5.75 Å². The summed E-state index contributed by atoms with van der Waals surface area (Å²) in [6, 6.07) is 22.4. The Kier molecular flexibility index (Phi) is 6.42. The maximum Gasteiger partial charge on any atom is 0.264 e. The van der Waals surface area contributed by atoms with E-state index in [4.69, 9.17) is 4.74 Å². The Morgan fingerprint density at radius 3 is 2.13 bits per heavy atom. The first-order valence-electron chi connectivity index (χ1n) is 9.38. The Morgan fingerprint density at radius 1 is 0.933 bits per heavy atom. The number of ether oxygens (including phenoxy) is 1. The molecule has 0 aliphatic rings. The Balaban J connectivity index is 2.07. The molecule has 3 aromatic rings. The molecule has 0 aromatic heterocycles. The highest BCUT2D eigenvalue weighted by molar-refractivity contribution is 7.92. The SMILES string of the molecule is COc1ccc(C)cc1N(CC(=O)N(C)c1ccccc1)S(=O)(=O)c1ccccc1. The normalized spacial score (nSPS) is 11.0. The molecule has 0 aliphatic carbocycles. The number of aryl methyl sites for hydroxylation is 1. The van der Waals surface area contributed by atoms with E-state index < -0.39 is 10.0 Å². The highest BCUT2D eigenvalue weighted by Crippen LogP contribution is 2.33. The number of benzene rings is 3. The zero-order valence-corrected chi connectivity index (χ0v) is 18.0. The van der Waals surface area contributed by atoms with Crippen molar-refractivity contribution in [3.63, 3.8) is 0 Å². The summed E-state index contributed by atoms with van der Waals surface area (Å²) >= 11 is 0. The van der Waals surface area contributed by atoms with Crippen LogP contribution >= 0.6 is 0 Å². The summed E-state index contributed by atoms with van der Waals surface area (Å²) < 4.78 is 33.5. The first-order chi connectivity index (χ1) is 14.3. The van der Waals surface area contributed by atoms with Crippen LogP contribution in [0.25, 0.3) is 0 Å². The van der Waals surface area contributed by atoms with Crippen molar-refractivity contribution in [3.05, 3.63) is 84.4 Å². The number of para-hydroxylation sites is 1. The molecule has 30 heavy (non-hydrogen) atoms. The molecule has 0 fully saturated rings. The smallest absolute Gasteiger partial charge is 0.264 e. The lowest BCUT2D eigenvalue weighted by molar-refractivity contribution is -0.116. The minimum absolute atomic E-state index is 0.101. The third-order valence-electron chi connectivity index (χ3n) is 4.73. The second-order valence-corrected chi connectivity index (χ2v) is 8.65. The van der Waals surface area contributed by atoms with Gasteiger partial charge in [0.1, 0.15) is 12.3 Å². The van der Waals surface area contributed by atoms with E-state index in [9.17, 15) is 13.2 Å². The lowest BCUT2D eigenvalue weighted by Crippen LogP contribution is -2.42. The number of carbonyl (C=O) groups excluding carboxylic acids is 1. The molecule has 0 bridgehead atoms. The quantitative estimate of drug-likeness (QED) is 0.578. The van der Waals surface area contributed by atoms with Crippen molar-refractivity contribution in [2.24, 2.45) is 0 Å². The summed E-state index contributed by atoms with van der Waals surface area (Å²) in [5.41, 5.74) is 1.84. The maximum absolute atomic E-state index is 13.5. The predicted octanol–water partition coefficient (Wildman–Crippen LogP) is 3.86. The fourth-order valence-electron chi connectivity index (χ4n) is 3.04. The number of hydrogen-bond donors (Lipinski definition) is 0. The van der Waals surface area contributed by atoms with E-state index in [2.05, 4.69) is 0 Å². The molecule has 156 valence electrons. The highest BCUT2D eigenvalue weighted by atomic mass is 32.2. The number of likely N-dealkylation sites (N-methyl/N-ethyl adjacent to an activating group) is 1. The zero-order valence-electron chi connectivity index (χ0n) is 17.1. The molecule has 0 N–H and O–H groups in total. The molecule has 0 spiro atoms. The number of carbonyl (C=O) groups is 1. The van der Waals surface area contributed by atoms with Crippen molar-refractivity contribution >= 4 is 27.3 Å². The number of amides is 1. The first kappa shape index (κ1) is 21.4. The van der Waals surface area contributed by atoms with Crippen LogP contribution in [0.1, 0.15) is 5.56 Å². The molecule has 1 amide bonds. The molecule has 6 nitrogen and oxygen atoms in total. The number of rotatable bonds is 7. The number of sulfonamides is 1. The van der Waals surface area contributed by atoms with Crippen LogP contribution < -0.4 is 13.9 Å². The summed E-state index contributed by atoms with van der Waals surface area (Å²) in [5.74, 6) is -0.000430. The molecule has 0 aliphatic heterocycles. The van der Waals surface area contributed by atoms with E-state index in [0.29, 0.717) is 17.1 Å². The third-order valence-corrected chi connectivity index (χ3v) is 6.50. The van der Waals surface area contributed by atoms with Gasteiger partial charge in [0.05, 0.1) is 17.7 Å². The monoisotopic (exact) mass is 424 g/mol. The van der Waals surface area contributed by atoms with Gasteiger partial charge in [-0.15, -0.1) is 0 Å². The fraction of sp³-hybridized carbons (Fsp3) is 0.174. The highest BCUT2D eigenvalue weighted by Gasteiger charge is 2.30. The van der Waals surface area contributed by atoms with E-state index >= 15 is 0 Å². The van der Waals surface area contributed by atoms with Gasteiger partial charge < -0.3 is 9.64 Å². The van der Waals surface area contributed by atoms with E-state index in [1.54, 1.807) is 49.5 Å². The molecule has 3 aromatic carbocycles. The average Bonchev–Trinajstić information content (AvgIpc) is 2.77. The van der Waals surface area contributed by atoms with Gasteiger partial charge >= 0.3 is 0 Å². The number of hydrogen-bond acceptors (Lipinski definition) is 4. The second kappa shape index (κ2) is 9.00. The van der Waals surface area contributed by atoms with Gasteiger partial charge in [-0.05, 0) is 48.9 Å². The van der Waals surface area contributed by atoms with Crippen LogP contribution in [0.5, 0.6) is 5.75 Å². The summed E-state index contributed by atoms with van der Waals surface area (Å²) in [4.78, 5) is 14.6. The van der Waals surface area contributed by atoms with Gasteiger partial charge in [-0.3, -0.25) is 9.10 Å². The van der Waals surface area contributed by atoms with Gasteiger partial charge in [-0.2, -0.15) is 0 Å². The minimum Gasteiger partial charge on any atom is -0.495 e. The molecule has 7 heteroatoms. The molecular weight excluding hydrogens is 400 g/mol. The van der Waals surface area contributed by atoms with E-state index in [1.165, 1.54) is 24.1 Å². The minimum atomic E-state index is -4.01. The Bertz CT molecular complexity index is 1120. The lowest BCUT2D eigenvalue weighted by Gasteiger charge is -2.28. The number of nitrogens with zero attached hydrogens (tertiary/aromatic N) is 2. The van der Waals surface area contributed by atoms with Gasteiger partial charge in [-0.25, -0.2) is 8.42 Å². The van der Waals surface area contributed by atoms with Gasteiger partial charge in [-0.1, -0.05) is 42.5 Å². The van der Waals surface area contributed by atoms with E-state index in [1.807, 2.05) is 31.2 Å². The van der Waals surface area contributed by atoms with Crippen LogP contribution in [0, 0.1) is 6.92 Å². The van der Waals surface area contributed by atoms with Crippen molar-refractivity contribution in [2.45, 2.75) is 11.8 Å². The molecule has 0 unspecified atom stereocenters. The molecular formula is C23H24N2O4S. The zero-order chi connectivity index (χ0) is 21.7. The Morgan fingerprint density at radius 2 is 1.53 bits per heavy atom. The third kappa shape index (κ3) is 4.46. The standard InChI is InChI=1S/C23H24N2O4S/c1-18-14-15-22(29-3)21(16-18)25(30(27,28)20-12-8-5-9-13-20)17-23(26)24(2)19-10-6-4-7-11-19/h4-16H,17H2,1-3H3. The van der Waals surface area contributed by atoms with E-state index in [-0.39, 0.29) is 17.3 Å². The van der Waals surface area contributed by atoms with Crippen LogP contribution in [0.3, 0.4) is 0 Å². The van der Waals surface area contributed by atoms with Crippen molar-refractivity contribution in [2.75, 3.05) is 29.9 Å². The van der Waals surface area contributed by atoms with Crippen molar-refractivity contribution < 1.29 is 17.9 Å². The fourth-order valence-corrected chi connectivity index (χ4v) is 4.48. The van der Waals surface area contributed by atoms with E-state index in [0.717, 1.165) is 9.87 Å². The van der Waals surface area contributed by atoms with Crippen molar-refractivity contribution in [1.29, 1.82) is 0 Å². The summed E-state index contributed by atoms with van der Waals surface area (Å²) in [6.07, 6.45) is 0. The van der Waals surface area contributed by atoms with Crippen LogP contribution in [0.15, 0.2) is 83.8 Å². The van der Waals surface area contributed by atoms with Gasteiger partial charge in [0.2, 0.25) is 5.91 Å².